The Morgan fingerprint density at radius 2 is 1.92 bits per heavy atom. The number of aryl methyl sites for hydroxylation is 1. The highest BCUT2D eigenvalue weighted by Gasteiger charge is 2.24. The van der Waals surface area contributed by atoms with Gasteiger partial charge in [0.1, 0.15) is 5.75 Å². The van der Waals surface area contributed by atoms with E-state index >= 15 is 0 Å². The zero-order valence-electron chi connectivity index (χ0n) is 14.8. The topological polar surface area (TPSA) is 75.7 Å². The Labute approximate surface area is 153 Å². The third-order valence-electron chi connectivity index (χ3n) is 4.25. The lowest BCUT2D eigenvalue weighted by molar-refractivity contribution is -0.122. The van der Waals surface area contributed by atoms with Gasteiger partial charge in [0.15, 0.2) is 6.10 Å². The van der Waals surface area contributed by atoms with Crippen molar-refractivity contribution in [2.75, 3.05) is 22.4 Å². The zero-order valence-corrected chi connectivity index (χ0v) is 15.6. The molecule has 0 bridgehead atoms. The van der Waals surface area contributed by atoms with E-state index in [1.165, 1.54) is 10.6 Å². The number of hydrogen-bond acceptors (Lipinski definition) is 4. The summed E-state index contributed by atoms with van der Waals surface area (Å²) in [6.07, 6.45) is 2.12. The van der Waals surface area contributed by atoms with Crippen LogP contribution in [0, 0.1) is 0 Å². The molecule has 0 aromatic heterocycles. The Morgan fingerprint density at radius 3 is 2.62 bits per heavy atom. The van der Waals surface area contributed by atoms with Gasteiger partial charge in [-0.3, -0.25) is 9.10 Å². The van der Waals surface area contributed by atoms with Gasteiger partial charge in [-0.2, -0.15) is 0 Å². The third-order valence-corrected chi connectivity index (χ3v) is 5.43. The maximum Gasteiger partial charge on any atom is 0.265 e. The van der Waals surface area contributed by atoms with Gasteiger partial charge in [-0.1, -0.05) is 24.3 Å². The van der Waals surface area contributed by atoms with Crippen molar-refractivity contribution < 1.29 is 17.9 Å². The fourth-order valence-corrected chi connectivity index (χ4v) is 3.95. The van der Waals surface area contributed by atoms with Crippen LogP contribution in [-0.4, -0.2) is 33.2 Å². The predicted octanol–water partition coefficient (Wildman–Crippen LogP) is 2.80. The minimum atomic E-state index is -3.35. The summed E-state index contributed by atoms with van der Waals surface area (Å²) in [5.74, 6) is 0.319. The van der Waals surface area contributed by atoms with Crippen molar-refractivity contribution in [1.29, 1.82) is 0 Å². The first-order chi connectivity index (χ1) is 12.3. The van der Waals surface area contributed by atoms with Crippen LogP contribution in [0.15, 0.2) is 48.5 Å². The maximum atomic E-state index is 12.4. The van der Waals surface area contributed by atoms with E-state index < -0.39 is 16.1 Å². The normalized spacial score (nSPS) is 15.1. The molecule has 1 aliphatic heterocycles. The van der Waals surface area contributed by atoms with Crippen LogP contribution < -0.4 is 14.4 Å². The van der Waals surface area contributed by atoms with Gasteiger partial charge < -0.3 is 10.1 Å². The summed E-state index contributed by atoms with van der Waals surface area (Å²) < 4.78 is 31.0. The summed E-state index contributed by atoms with van der Waals surface area (Å²) in [4.78, 5) is 12.4. The Balaban J connectivity index is 1.75. The second kappa shape index (κ2) is 7.37. The maximum absolute atomic E-state index is 12.4. The number of ether oxygens (including phenoxy) is 1. The largest absolute Gasteiger partial charge is 0.481 e. The van der Waals surface area contributed by atoms with E-state index in [4.69, 9.17) is 4.74 Å². The highest BCUT2D eigenvalue weighted by molar-refractivity contribution is 7.92. The van der Waals surface area contributed by atoms with Crippen molar-refractivity contribution in [2.45, 2.75) is 25.9 Å². The summed E-state index contributed by atoms with van der Waals surface area (Å²) in [5.41, 5.74) is 2.15. The Hall–Kier alpha value is -2.54. The van der Waals surface area contributed by atoms with Crippen LogP contribution in [0.4, 0.5) is 11.4 Å². The number of benzene rings is 2. The highest BCUT2D eigenvalue weighted by atomic mass is 32.2. The van der Waals surface area contributed by atoms with E-state index in [0.29, 0.717) is 23.7 Å². The van der Waals surface area contributed by atoms with Gasteiger partial charge >= 0.3 is 0 Å². The lowest BCUT2D eigenvalue weighted by Gasteiger charge is -2.29. The summed E-state index contributed by atoms with van der Waals surface area (Å²) >= 11 is 0. The molecule has 7 heteroatoms. The van der Waals surface area contributed by atoms with E-state index in [2.05, 4.69) is 5.32 Å². The average molecular weight is 374 g/mol. The quantitative estimate of drug-likeness (QED) is 0.873. The first kappa shape index (κ1) is 18.3. The molecule has 138 valence electrons. The van der Waals surface area contributed by atoms with Crippen molar-refractivity contribution in [3.05, 3.63) is 54.1 Å². The minimum Gasteiger partial charge on any atom is -0.481 e. The van der Waals surface area contributed by atoms with Crippen molar-refractivity contribution in [3.8, 4) is 5.75 Å². The molecule has 6 nitrogen and oxygen atoms in total. The van der Waals surface area contributed by atoms with Crippen LogP contribution in [-0.2, 0) is 21.2 Å². The van der Waals surface area contributed by atoms with Crippen molar-refractivity contribution >= 4 is 27.3 Å². The molecular weight excluding hydrogens is 352 g/mol. The van der Waals surface area contributed by atoms with Crippen molar-refractivity contribution in [2.24, 2.45) is 0 Å². The average Bonchev–Trinajstić information content (AvgIpc) is 2.61. The van der Waals surface area contributed by atoms with Crippen LogP contribution >= 0.6 is 0 Å². The summed E-state index contributed by atoms with van der Waals surface area (Å²) in [6.45, 7) is 2.13. The monoisotopic (exact) mass is 374 g/mol. The Kier molecular flexibility index (Phi) is 5.18. The van der Waals surface area contributed by atoms with Gasteiger partial charge in [0.05, 0.1) is 11.9 Å². The van der Waals surface area contributed by atoms with E-state index in [-0.39, 0.29) is 5.91 Å². The van der Waals surface area contributed by atoms with Crippen LogP contribution in [0.3, 0.4) is 0 Å². The molecule has 2 aromatic carbocycles. The van der Waals surface area contributed by atoms with E-state index in [0.717, 1.165) is 18.4 Å². The molecule has 2 aromatic rings. The lowest BCUT2D eigenvalue weighted by Crippen LogP contribution is -2.35. The number of carbonyl (C=O) groups excluding carboxylic acids is 1. The standard InChI is InChI=1S/C19H22N2O4S/c1-14(25-17-8-4-3-5-9-17)19(22)20-16-11-10-15-7-6-12-21(18(15)13-16)26(2,23)24/h3-5,8-11,13-14H,6-7,12H2,1-2H3,(H,20,22). The molecule has 1 heterocycles. The highest BCUT2D eigenvalue weighted by Crippen LogP contribution is 2.31. The van der Waals surface area contributed by atoms with Gasteiger partial charge in [0.25, 0.3) is 5.91 Å². The number of fused-ring (bicyclic) bond motifs is 1. The molecule has 0 radical (unpaired) electrons. The summed E-state index contributed by atoms with van der Waals surface area (Å²) in [5, 5.41) is 2.80. The smallest absolute Gasteiger partial charge is 0.265 e. The molecule has 1 atom stereocenters. The third kappa shape index (κ3) is 4.16. The molecule has 3 rings (SSSR count). The zero-order chi connectivity index (χ0) is 18.7. The van der Waals surface area contributed by atoms with Crippen LogP contribution in [0.5, 0.6) is 5.75 Å². The first-order valence-electron chi connectivity index (χ1n) is 8.48. The van der Waals surface area contributed by atoms with Crippen LogP contribution in [0.2, 0.25) is 0 Å². The van der Waals surface area contributed by atoms with Gasteiger partial charge in [-0.25, -0.2) is 8.42 Å². The molecule has 0 spiro atoms. The fraction of sp³-hybridized carbons (Fsp3) is 0.316. The van der Waals surface area contributed by atoms with Gasteiger partial charge in [0, 0.05) is 12.2 Å². The summed E-state index contributed by atoms with van der Waals surface area (Å²) in [6, 6.07) is 14.5. The van der Waals surface area contributed by atoms with Crippen LogP contribution in [0.25, 0.3) is 0 Å². The Bertz CT molecular complexity index is 897. The number of amides is 1. The molecule has 0 fully saturated rings. The van der Waals surface area contributed by atoms with Crippen molar-refractivity contribution in [1.82, 2.24) is 0 Å². The molecule has 0 saturated carbocycles. The fourth-order valence-electron chi connectivity index (χ4n) is 2.96. The summed E-state index contributed by atoms with van der Waals surface area (Å²) in [7, 11) is -3.35. The number of sulfonamides is 1. The van der Waals surface area contributed by atoms with Crippen LogP contribution in [0.1, 0.15) is 18.9 Å². The molecular formula is C19H22N2O4S. The van der Waals surface area contributed by atoms with Gasteiger partial charge in [0.2, 0.25) is 10.0 Å². The molecule has 0 saturated heterocycles. The lowest BCUT2D eigenvalue weighted by atomic mass is 10.0. The molecule has 1 N–H and O–H groups in total. The van der Waals surface area contributed by atoms with Gasteiger partial charge in [-0.15, -0.1) is 0 Å². The SMILES string of the molecule is CC(Oc1ccccc1)C(=O)Nc1ccc2c(c1)N(S(C)(=O)=O)CCC2. The molecule has 1 unspecified atom stereocenters. The van der Waals surface area contributed by atoms with E-state index in [1.807, 2.05) is 24.3 Å². The molecule has 26 heavy (non-hydrogen) atoms. The number of anilines is 2. The van der Waals surface area contributed by atoms with E-state index in [1.54, 1.807) is 31.2 Å². The van der Waals surface area contributed by atoms with Crippen molar-refractivity contribution in [3.63, 3.8) is 0 Å². The second-order valence-electron chi connectivity index (χ2n) is 6.34. The number of para-hydroxylation sites is 1. The molecule has 1 amide bonds. The minimum absolute atomic E-state index is 0.296. The Morgan fingerprint density at radius 1 is 1.19 bits per heavy atom. The number of carbonyl (C=O) groups is 1. The predicted molar refractivity (Wildman–Crippen MR) is 102 cm³/mol. The molecule has 0 aliphatic carbocycles. The number of hydrogen-bond donors (Lipinski definition) is 1. The van der Waals surface area contributed by atoms with E-state index in [9.17, 15) is 13.2 Å². The first-order valence-corrected chi connectivity index (χ1v) is 10.3. The second-order valence-corrected chi connectivity index (χ2v) is 8.25. The number of nitrogens with zero attached hydrogens (tertiary/aromatic N) is 1. The number of nitrogens with one attached hydrogen (secondary N) is 1. The van der Waals surface area contributed by atoms with Gasteiger partial charge in [-0.05, 0) is 49.6 Å². The molecule has 1 aliphatic rings. The number of rotatable bonds is 5.